The van der Waals surface area contributed by atoms with Gasteiger partial charge in [-0.25, -0.2) is 4.98 Å². The minimum Gasteiger partial charge on any atom is -0.306 e. The maximum absolute atomic E-state index is 6.01. The van der Waals surface area contributed by atoms with Crippen LogP contribution in [0.2, 0.25) is 5.02 Å². The van der Waals surface area contributed by atoms with Crippen molar-refractivity contribution in [3.8, 4) is 5.69 Å². The van der Waals surface area contributed by atoms with Gasteiger partial charge in [0.15, 0.2) is 0 Å². The van der Waals surface area contributed by atoms with E-state index in [1.165, 1.54) is 0 Å². The first-order valence-electron chi connectivity index (χ1n) is 7.71. The Morgan fingerprint density at radius 3 is 2.56 bits per heavy atom. The fourth-order valence-corrected chi connectivity index (χ4v) is 2.71. The average Bonchev–Trinajstić information content (AvgIpc) is 3.17. The number of hydrogen-bond acceptors (Lipinski definition) is 4. The molecule has 0 aliphatic heterocycles. The van der Waals surface area contributed by atoms with Gasteiger partial charge in [-0.15, -0.1) is 24.8 Å². The number of fused-ring (bicyclic) bond motifs is 1. The number of hydrazone groups is 1. The van der Waals surface area contributed by atoms with Crippen molar-refractivity contribution in [3.63, 3.8) is 0 Å². The summed E-state index contributed by atoms with van der Waals surface area (Å²) in [7, 11) is 0. The van der Waals surface area contributed by atoms with Crippen molar-refractivity contribution >= 4 is 59.2 Å². The largest absolute Gasteiger partial charge is 0.306 e. The fraction of sp³-hybridized carbons (Fsp3) is 0. The van der Waals surface area contributed by atoms with E-state index in [-0.39, 0.29) is 24.8 Å². The Kier molecular flexibility index (Phi) is 7.19. The van der Waals surface area contributed by atoms with Gasteiger partial charge in [0, 0.05) is 34.7 Å². The summed E-state index contributed by atoms with van der Waals surface area (Å²) in [5.74, 6) is 0. The topological polar surface area (TPSA) is 55.1 Å². The first-order valence-corrected chi connectivity index (χ1v) is 8.09. The van der Waals surface area contributed by atoms with E-state index in [0.717, 1.165) is 27.8 Å². The lowest BCUT2D eigenvalue weighted by Crippen LogP contribution is -1.94. The summed E-state index contributed by atoms with van der Waals surface area (Å²) in [5, 5.41) is 5.96. The van der Waals surface area contributed by atoms with E-state index < -0.39 is 0 Å². The highest BCUT2D eigenvalue weighted by Gasteiger charge is 2.01. The highest BCUT2D eigenvalue weighted by molar-refractivity contribution is 6.31. The van der Waals surface area contributed by atoms with Gasteiger partial charge in [0.25, 0.3) is 0 Å². The van der Waals surface area contributed by atoms with Crippen LogP contribution < -0.4 is 5.43 Å². The predicted octanol–water partition coefficient (Wildman–Crippen LogP) is 5.36. The molecule has 0 atom stereocenters. The SMILES string of the molecule is Cl.Cl.Clc1ccc2c(N/N=C/c3ccc(-n4ccnc4)cc3)ccnc2c1. The summed E-state index contributed by atoms with van der Waals surface area (Å²) in [6.45, 7) is 0. The average molecular weight is 421 g/mol. The third-order valence-corrected chi connectivity index (χ3v) is 4.03. The summed E-state index contributed by atoms with van der Waals surface area (Å²) in [5.41, 5.74) is 6.84. The zero-order chi connectivity index (χ0) is 17.1. The predicted molar refractivity (Wildman–Crippen MR) is 116 cm³/mol. The smallest absolute Gasteiger partial charge is 0.0991 e. The monoisotopic (exact) mass is 419 g/mol. The Bertz CT molecular complexity index is 1030. The second-order valence-corrected chi connectivity index (χ2v) is 5.89. The minimum atomic E-state index is 0. The molecule has 0 fully saturated rings. The van der Waals surface area contributed by atoms with E-state index >= 15 is 0 Å². The highest BCUT2D eigenvalue weighted by Crippen LogP contribution is 2.24. The van der Waals surface area contributed by atoms with E-state index in [9.17, 15) is 0 Å². The Balaban J connectivity index is 0.00000131. The van der Waals surface area contributed by atoms with Gasteiger partial charge in [-0.1, -0.05) is 23.7 Å². The Morgan fingerprint density at radius 2 is 1.81 bits per heavy atom. The molecule has 0 aliphatic rings. The van der Waals surface area contributed by atoms with Crippen LogP contribution in [0, 0.1) is 0 Å². The molecule has 0 radical (unpaired) electrons. The number of nitrogens with zero attached hydrogens (tertiary/aromatic N) is 4. The second kappa shape index (κ2) is 9.37. The van der Waals surface area contributed by atoms with E-state index in [2.05, 4.69) is 20.5 Å². The number of imidazole rings is 1. The standard InChI is InChI=1S/C19H14ClN5.2ClH/c20-15-3-6-17-18(7-8-22-19(17)11-15)24-23-12-14-1-4-16(5-2-14)25-10-9-21-13-25;;/h1-13H,(H,22,24);2*1H/b23-12+;;. The molecule has 8 heteroatoms. The van der Waals surface area contributed by atoms with Crippen LogP contribution in [0.4, 0.5) is 5.69 Å². The Hall–Kier alpha value is -2.60. The third kappa shape index (κ3) is 4.77. The first kappa shape index (κ1) is 20.7. The molecule has 5 nitrogen and oxygen atoms in total. The van der Waals surface area contributed by atoms with Gasteiger partial charge in [-0.2, -0.15) is 5.10 Å². The van der Waals surface area contributed by atoms with E-state index in [4.69, 9.17) is 11.6 Å². The summed E-state index contributed by atoms with van der Waals surface area (Å²) in [6, 6.07) is 15.5. The molecule has 1 N–H and O–H groups in total. The number of benzene rings is 2. The Morgan fingerprint density at radius 1 is 1.00 bits per heavy atom. The van der Waals surface area contributed by atoms with Crippen molar-refractivity contribution in [1.82, 2.24) is 14.5 Å². The van der Waals surface area contributed by atoms with Gasteiger partial charge in [0.2, 0.25) is 0 Å². The van der Waals surface area contributed by atoms with Gasteiger partial charge in [0.1, 0.15) is 0 Å². The normalized spacial score (nSPS) is 10.4. The van der Waals surface area contributed by atoms with Crippen LogP contribution >= 0.6 is 36.4 Å². The van der Waals surface area contributed by atoms with Crippen LogP contribution in [-0.2, 0) is 0 Å². The van der Waals surface area contributed by atoms with E-state index in [1.54, 1.807) is 24.9 Å². The number of hydrogen-bond donors (Lipinski definition) is 1. The van der Waals surface area contributed by atoms with Crippen LogP contribution in [0.15, 0.2) is 78.6 Å². The van der Waals surface area contributed by atoms with Crippen LogP contribution in [0.5, 0.6) is 0 Å². The van der Waals surface area contributed by atoms with Crippen molar-refractivity contribution in [3.05, 3.63) is 84.0 Å². The van der Waals surface area contributed by atoms with Gasteiger partial charge >= 0.3 is 0 Å². The summed E-state index contributed by atoms with van der Waals surface area (Å²) in [6.07, 6.45) is 8.94. The molecule has 0 bridgehead atoms. The number of rotatable bonds is 4. The van der Waals surface area contributed by atoms with Crippen molar-refractivity contribution in [1.29, 1.82) is 0 Å². The molecule has 2 heterocycles. The molecule has 2 aromatic carbocycles. The van der Waals surface area contributed by atoms with Gasteiger partial charge in [-0.3, -0.25) is 10.4 Å². The van der Waals surface area contributed by atoms with Crippen molar-refractivity contribution in [2.45, 2.75) is 0 Å². The third-order valence-electron chi connectivity index (χ3n) is 3.80. The number of nitrogens with one attached hydrogen (secondary N) is 1. The molecule has 138 valence electrons. The fourth-order valence-electron chi connectivity index (χ4n) is 2.54. The molecule has 4 aromatic rings. The molecular formula is C19H16Cl3N5. The number of anilines is 1. The van der Waals surface area contributed by atoms with Gasteiger partial charge in [0.05, 0.1) is 23.7 Å². The second-order valence-electron chi connectivity index (χ2n) is 5.45. The zero-order valence-corrected chi connectivity index (χ0v) is 16.4. The highest BCUT2D eigenvalue weighted by atomic mass is 35.5. The number of pyridine rings is 1. The molecule has 0 unspecified atom stereocenters. The lowest BCUT2D eigenvalue weighted by atomic mass is 10.2. The maximum Gasteiger partial charge on any atom is 0.0991 e. The molecule has 0 saturated carbocycles. The molecule has 0 spiro atoms. The quantitative estimate of drug-likeness (QED) is 0.357. The molecule has 4 rings (SSSR count). The molecule has 2 aromatic heterocycles. The van der Waals surface area contributed by atoms with Crippen molar-refractivity contribution in [2.75, 3.05) is 5.43 Å². The maximum atomic E-state index is 6.01. The number of aromatic nitrogens is 3. The summed E-state index contributed by atoms with van der Waals surface area (Å²) >= 11 is 6.01. The van der Waals surface area contributed by atoms with Crippen LogP contribution in [0.25, 0.3) is 16.6 Å². The molecule has 0 saturated heterocycles. The van der Waals surface area contributed by atoms with E-state index in [0.29, 0.717) is 5.02 Å². The molecular weight excluding hydrogens is 405 g/mol. The van der Waals surface area contributed by atoms with Gasteiger partial charge < -0.3 is 4.57 Å². The Labute approximate surface area is 173 Å². The van der Waals surface area contributed by atoms with Gasteiger partial charge in [-0.05, 0) is 42.0 Å². The van der Waals surface area contributed by atoms with Crippen LogP contribution in [-0.4, -0.2) is 20.7 Å². The van der Waals surface area contributed by atoms with Crippen LogP contribution in [0.1, 0.15) is 5.56 Å². The lowest BCUT2D eigenvalue weighted by Gasteiger charge is -2.05. The summed E-state index contributed by atoms with van der Waals surface area (Å²) < 4.78 is 1.95. The van der Waals surface area contributed by atoms with Crippen LogP contribution in [0.3, 0.4) is 0 Å². The van der Waals surface area contributed by atoms with E-state index in [1.807, 2.05) is 59.3 Å². The minimum absolute atomic E-state index is 0. The first-order chi connectivity index (χ1) is 12.3. The summed E-state index contributed by atoms with van der Waals surface area (Å²) in [4.78, 5) is 8.37. The van der Waals surface area contributed by atoms with Crippen molar-refractivity contribution in [2.24, 2.45) is 5.10 Å². The molecule has 0 amide bonds. The molecule has 27 heavy (non-hydrogen) atoms. The van der Waals surface area contributed by atoms with Crippen molar-refractivity contribution < 1.29 is 0 Å². The number of halogens is 3. The lowest BCUT2D eigenvalue weighted by molar-refractivity contribution is 1.06. The molecule has 0 aliphatic carbocycles. The zero-order valence-electron chi connectivity index (χ0n) is 14.0.